The monoisotopic (exact) mass is 688 g/mol. The molecule has 2 amide bonds. The van der Waals surface area contributed by atoms with Gasteiger partial charge in [0.05, 0.1) is 17.2 Å². The minimum atomic E-state index is -4.23. The van der Waals surface area contributed by atoms with E-state index < -0.39 is 33.7 Å². The van der Waals surface area contributed by atoms with Gasteiger partial charge in [-0.1, -0.05) is 23.7 Å². The Balaban J connectivity index is 1.52. The topological polar surface area (TPSA) is 135 Å². The van der Waals surface area contributed by atoms with Crippen molar-refractivity contribution < 1.29 is 32.2 Å². The standard InChI is InChI=1S/C34H45ClN4O7S/c1-34(2)32(40)38-47(42,43)27-12-14-31-29(20-27)39(17-5-4-7-23-19-26(35)11-9-25(23)22-44-31)21-24-10-13-28(24)30(8-6-18-45-34)46-33(41)37-16-15-36-3/h6,8-9,11-12,14,19-20,24,28,30,36H,4-5,7,10,13,15-18,21-22H2,1-3H3,(H,37,41)(H,38,40)/b8-6+/t24-,28+,30-/m0/s1. The van der Waals surface area contributed by atoms with Gasteiger partial charge < -0.3 is 29.7 Å². The highest BCUT2D eigenvalue weighted by molar-refractivity contribution is 7.90. The van der Waals surface area contributed by atoms with Crippen molar-refractivity contribution in [1.82, 2.24) is 15.4 Å². The number of hydrogen-bond donors (Lipinski definition) is 3. The van der Waals surface area contributed by atoms with Crippen LogP contribution in [-0.4, -0.2) is 72.0 Å². The second-order valence-electron chi connectivity index (χ2n) is 12.8. The number of rotatable bonds is 4. The lowest BCUT2D eigenvalue weighted by molar-refractivity contribution is -0.139. The van der Waals surface area contributed by atoms with E-state index in [0.29, 0.717) is 42.6 Å². The predicted octanol–water partition coefficient (Wildman–Crippen LogP) is 4.57. The number of carbonyl (C=O) groups excluding carboxylic acids is 2. The second kappa shape index (κ2) is 15.3. The van der Waals surface area contributed by atoms with E-state index in [0.717, 1.165) is 43.2 Å². The van der Waals surface area contributed by atoms with E-state index in [2.05, 4.69) is 20.3 Å². The van der Waals surface area contributed by atoms with Gasteiger partial charge in [0.1, 0.15) is 24.1 Å². The number of fused-ring (bicyclic) bond motifs is 3. The Bertz CT molecular complexity index is 1580. The normalized spacial score (nSPS) is 24.9. The van der Waals surface area contributed by atoms with E-state index in [1.807, 2.05) is 31.3 Å². The lowest BCUT2D eigenvalue weighted by Crippen LogP contribution is -2.47. The van der Waals surface area contributed by atoms with Crippen molar-refractivity contribution in [2.24, 2.45) is 11.8 Å². The molecule has 1 fully saturated rings. The Labute approximate surface area is 282 Å². The number of carbonyl (C=O) groups is 2. The minimum Gasteiger partial charge on any atom is -0.487 e. The van der Waals surface area contributed by atoms with Crippen LogP contribution in [-0.2, 0) is 37.3 Å². The van der Waals surface area contributed by atoms with E-state index in [4.69, 9.17) is 25.8 Å². The van der Waals surface area contributed by atoms with Gasteiger partial charge in [0, 0.05) is 37.1 Å². The van der Waals surface area contributed by atoms with Crippen molar-refractivity contribution in [3.8, 4) is 5.75 Å². The van der Waals surface area contributed by atoms with Crippen LogP contribution in [0.1, 0.15) is 50.7 Å². The lowest BCUT2D eigenvalue weighted by Gasteiger charge is -2.43. The summed E-state index contributed by atoms with van der Waals surface area (Å²) >= 11 is 6.33. The summed E-state index contributed by atoms with van der Waals surface area (Å²) in [6.07, 6.45) is 6.89. The van der Waals surface area contributed by atoms with Crippen LogP contribution in [0.3, 0.4) is 0 Å². The largest absolute Gasteiger partial charge is 0.487 e. The molecule has 0 radical (unpaired) electrons. The fourth-order valence-corrected chi connectivity index (χ4v) is 7.48. The summed E-state index contributed by atoms with van der Waals surface area (Å²) in [7, 11) is -2.42. The van der Waals surface area contributed by atoms with Crippen molar-refractivity contribution in [3.63, 3.8) is 0 Å². The van der Waals surface area contributed by atoms with Gasteiger partial charge >= 0.3 is 6.09 Å². The molecule has 2 bridgehead atoms. The van der Waals surface area contributed by atoms with Crippen LogP contribution in [0, 0.1) is 11.8 Å². The van der Waals surface area contributed by atoms with Crippen molar-refractivity contribution in [2.75, 3.05) is 44.7 Å². The number of sulfonamides is 1. The Kier molecular flexibility index (Phi) is 11.4. The SMILES string of the molecule is CNCCNC(=O)O[C@H]1/C=C/COC(C)(C)C(=O)NS(=O)(=O)c2ccc3c(c2)N(CCCCc2cc(Cl)ccc2CO3)C[C@@H]2CC[C@H]21. The molecule has 2 heterocycles. The van der Waals surface area contributed by atoms with Crippen molar-refractivity contribution in [2.45, 2.75) is 69.2 Å². The number of aryl methyl sites for hydroxylation is 1. The van der Waals surface area contributed by atoms with Crippen molar-refractivity contribution >= 4 is 39.3 Å². The first kappa shape index (κ1) is 35.0. The summed E-state index contributed by atoms with van der Waals surface area (Å²) in [5.41, 5.74) is 1.32. The van der Waals surface area contributed by atoms with Gasteiger partial charge in [-0.25, -0.2) is 17.9 Å². The zero-order valence-electron chi connectivity index (χ0n) is 27.2. The molecule has 0 saturated heterocycles. The molecule has 2 aliphatic heterocycles. The van der Waals surface area contributed by atoms with Crippen molar-refractivity contribution in [1.29, 1.82) is 0 Å². The van der Waals surface area contributed by atoms with Gasteiger partial charge in [0.15, 0.2) is 0 Å². The van der Waals surface area contributed by atoms with Gasteiger partial charge in [-0.15, -0.1) is 0 Å². The van der Waals surface area contributed by atoms with E-state index in [-0.39, 0.29) is 29.9 Å². The van der Waals surface area contributed by atoms with E-state index in [9.17, 15) is 18.0 Å². The Morgan fingerprint density at radius 1 is 1.13 bits per heavy atom. The maximum absolute atomic E-state index is 13.5. The molecule has 256 valence electrons. The van der Waals surface area contributed by atoms with Crippen LogP contribution in [0.2, 0.25) is 5.02 Å². The molecule has 13 heteroatoms. The smallest absolute Gasteiger partial charge is 0.407 e. The number of hydrogen-bond acceptors (Lipinski definition) is 9. The average Bonchev–Trinajstić information content (AvgIpc) is 3.04. The van der Waals surface area contributed by atoms with Crippen LogP contribution >= 0.6 is 11.6 Å². The quantitative estimate of drug-likeness (QED) is 0.312. The van der Waals surface area contributed by atoms with Gasteiger partial charge in [-0.05, 0) is 106 Å². The van der Waals surface area contributed by atoms with Gasteiger partial charge in [-0.3, -0.25) is 4.79 Å². The third-order valence-electron chi connectivity index (χ3n) is 9.14. The average molecular weight is 689 g/mol. The third-order valence-corrected chi connectivity index (χ3v) is 10.7. The fraction of sp³-hybridized carbons (Fsp3) is 0.529. The van der Waals surface area contributed by atoms with Gasteiger partial charge in [-0.2, -0.15) is 0 Å². The summed E-state index contributed by atoms with van der Waals surface area (Å²) in [4.78, 5) is 28.1. The highest BCUT2D eigenvalue weighted by atomic mass is 35.5. The first-order valence-electron chi connectivity index (χ1n) is 16.2. The third kappa shape index (κ3) is 8.78. The van der Waals surface area contributed by atoms with Crippen molar-refractivity contribution in [3.05, 3.63) is 64.7 Å². The number of ether oxygens (including phenoxy) is 3. The maximum Gasteiger partial charge on any atom is 0.407 e. The maximum atomic E-state index is 13.5. The summed E-state index contributed by atoms with van der Waals surface area (Å²) in [5, 5.41) is 6.46. The molecule has 2 aromatic carbocycles. The molecule has 1 aliphatic carbocycles. The first-order valence-corrected chi connectivity index (χ1v) is 18.1. The molecule has 0 spiro atoms. The Morgan fingerprint density at radius 3 is 2.72 bits per heavy atom. The molecule has 47 heavy (non-hydrogen) atoms. The highest BCUT2D eigenvalue weighted by Gasteiger charge is 2.40. The predicted molar refractivity (Wildman–Crippen MR) is 180 cm³/mol. The molecule has 3 aliphatic rings. The van der Waals surface area contributed by atoms with Crippen LogP contribution in [0.25, 0.3) is 0 Å². The summed E-state index contributed by atoms with van der Waals surface area (Å²) in [6, 6.07) is 10.5. The first-order chi connectivity index (χ1) is 22.5. The number of amides is 2. The number of benzene rings is 2. The molecule has 2 aromatic rings. The molecular weight excluding hydrogens is 644 g/mol. The summed E-state index contributed by atoms with van der Waals surface area (Å²) in [5.74, 6) is -0.0654. The van der Waals surface area contributed by atoms with Crippen LogP contribution in [0.4, 0.5) is 10.5 Å². The molecule has 11 nitrogen and oxygen atoms in total. The number of halogens is 1. The zero-order chi connectivity index (χ0) is 33.6. The molecular formula is C34H45ClN4O7S. The number of alkyl carbamates (subject to hydrolysis) is 1. The van der Waals surface area contributed by atoms with Gasteiger partial charge in [0.25, 0.3) is 15.9 Å². The highest BCUT2D eigenvalue weighted by Crippen LogP contribution is 2.42. The molecule has 1 saturated carbocycles. The Hall–Kier alpha value is -3.32. The molecule has 3 atom stereocenters. The van der Waals surface area contributed by atoms with E-state index in [1.54, 1.807) is 18.2 Å². The van der Waals surface area contributed by atoms with Crippen LogP contribution < -0.4 is 25.0 Å². The van der Waals surface area contributed by atoms with Gasteiger partial charge in [0.2, 0.25) is 0 Å². The molecule has 0 unspecified atom stereocenters. The lowest BCUT2D eigenvalue weighted by atomic mass is 9.70. The molecule has 3 N–H and O–H groups in total. The summed E-state index contributed by atoms with van der Waals surface area (Å²) < 4.78 is 47.4. The molecule has 0 aromatic heterocycles. The number of likely N-dealkylation sites (N-methyl/N-ethyl adjacent to an activating group) is 1. The second-order valence-corrected chi connectivity index (χ2v) is 14.9. The van der Waals surface area contributed by atoms with E-state index >= 15 is 0 Å². The number of anilines is 1. The molecule has 5 rings (SSSR count). The van der Waals surface area contributed by atoms with Crippen LogP contribution in [0.5, 0.6) is 5.75 Å². The van der Waals surface area contributed by atoms with E-state index in [1.165, 1.54) is 19.9 Å². The minimum absolute atomic E-state index is 0.0228. The fourth-order valence-electron chi connectivity index (χ4n) is 6.16. The summed E-state index contributed by atoms with van der Waals surface area (Å²) in [6.45, 7) is 5.63. The van der Waals surface area contributed by atoms with Crippen LogP contribution in [0.15, 0.2) is 53.4 Å². The zero-order valence-corrected chi connectivity index (χ0v) is 28.8. The Morgan fingerprint density at radius 2 is 1.96 bits per heavy atom. The number of nitrogens with one attached hydrogen (secondary N) is 3. The number of nitrogens with zero attached hydrogens (tertiary/aromatic N) is 1.